The summed E-state index contributed by atoms with van der Waals surface area (Å²) in [5.74, 6) is -0.414. The summed E-state index contributed by atoms with van der Waals surface area (Å²) in [7, 11) is 1.38. The number of nitrogens with zero attached hydrogens (tertiary/aromatic N) is 4. The molecule has 10 nitrogen and oxygen atoms in total. The first-order valence-electron chi connectivity index (χ1n) is 15.0. The highest BCUT2D eigenvalue weighted by atomic mass is 16.6. The van der Waals surface area contributed by atoms with Crippen molar-refractivity contribution >= 4 is 12.1 Å². The Morgan fingerprint density at radius 3 is 2.31 bits per heavy atom. The van der Waals surface area contributed by atoms with Crippen molar-refractivity contribution in [2.24, 2.45) is 0 Å². The maximum absolute atomic E-state index is 12.1. The van der Waals surface area contributed by atoms with Crippen molar-refractivity contribution in [3.8, 4) is 0 Å². The van der Waals surface area contributed by atoms with Gasteiger partial charge in [-0.1, -0.05) is 6.42 Å². The number of amides is 1. The van der Waals surface area contributed by atoms with Crippen molar-refractivity contribution in [3.63, 3.8) is 0 Å². The SMILES string of the molecule is COC(=O)c1cc(C)cc(CN2CCN[C@@H](CCCCNC(=O)OC(C)(C)C)CN(Cc3cc(C)cc(C)n3)CC2)n1. The topological polar surface area (TPSA) is 109 Å². The molecule has 3 heterocycles. The van der Waals surface area contributed by atoms with Crippen molar-refractivity contribution in [1.29, 1.82) is 0 Å². The van der Waals surface area contributed by atoms with E-state index in [1.165, 1.54) is 12.7 Å². The first-order valence-corrected chi connectivity index (χ1v) is 15.0. The number of rotatable bonds is 10. The van der Waals surface area contributed by atoms with Crippen molar-refractivity contribution < 1.29 is 19.1 Å². The number of hydrogen-bond donors (Lipinski definition) is 2. The summed E-state index contributed by atoms with van der Waals surface area (Å²) in [6, 6.07) is 8.41. The predicted octanol–water partition coefficient (Wildman–Crippen LogP) is 4.16. The normalized spacial score (nSPS) is 17.2. The summed E-state index contributed by atoms with van der Waals surface area (Å²) in [6.45, 7) is 18.2. The molecule has 0 aromatic carbocycles. The molecule has 10 heteroatoms. The van der Waals surface area contributed by atoms with Gasteiger partial charge in [0.1, 0.15) is 11.3 Å². The summed E-state index contributed by atoms with van der Waals surface area (Å²) in [5, 5.41) is 6.65. The minimum absolute atomic E-state index is 0.320. The lowest BCUT2D eigenvalue weighted by atomic mass is 10.1. The van der Waals surface area contributed by atoms with Crippen LogP contribution in [0.5, 0.6) is 0 Å². The Kier molecular flexibility index (Phi) is 12.7. The highest BCUT2D eigenvalue weighted by Crippen LogP contribution is 2.14. The number of ether oxygens (including phenoxy) is 2. The van der Waals surface area contributed by atoms with Crippen molar-refractivity contribution in [2.75, 3.05) is 46.4 Å². The van der Waals surface area contributed by atoms with Crippen molar-refractivity contribution in [1.82, 2.24) is 30.4 Å². The molecule has 2 aromatic rings. The molecule has 1 saturated heterocycles. The number of unbranched alkanes of at least 4 members (excludes halogenated alkanes) is 1. The summed E-state index contributed by atoms with van der Waals surface area (Å²) in [4.78, 5) is 38.4. The van der Waals surface area contributed by atoms with Gasteiger partial charge >= 0.3 is 12.1 Å². The van der Waals surface area contributed by atoms with Crippen LogP contribution in [-0.4, -0.2) is 89.9 Å². The molecule has 232 valence electrons. The number of methoxy groups -OCH3 is 1. The lowest BCUT2D eigenvalue weighted by Gasteiger charge is -2.28. The van der Waals surface area contributed by atoms with Crippen LogP contribution in [-0.2, 0) is 22.6 Å². The third-order valence-electron chi connectivity index (χ3n) is 7.06. The van der Waals surface area contributed by atoms with Crippen LogP contribution >= 0.6 is 0 Å². The van der Waals surface area contributed by atoms with Crippen LogP contribution < -0.4 is 10.6 Å². The van der Waals surface area contributed by atoms with E-state index < -0.39 is 11.6 Å². The number of carbonyl (C=O) groups excluding carboxylic acids is 2. The van der Waals surface area contributed by atoms with Crippen LogP contribution in [0.25, 0.3) is 0 Å². The Bertz CT molecular complexity index is 1160. The second-order valence-corrected chi connectivity index (χ2v) is 12.4. The molecule has 0 radical (unpaired) electrons. The molecule has 0 unspecified atom stereocenters. The summed E-state index contributed by atoms with van der Waals surface area (Å²) >= 11 is 0. The molecule has 1 aliphatic heterocycles. The van der Waals surface area contributed by atoms with Crippen LogP contribution in [0.1, 0.15) is 78.7 Å². The van der Waals surface area contributed by atoms with E-state index in [1.54, 1.807) is 6.07 Å². The zero-order chi connectivity index (χ0) is 30.7. The standard InChI is InChI=1S/C32H50N6O4/c1-23-16-25(3)35-27(17-23)22-38-15-14-37(21-28-18-24(2)19-29(36-28)30(39)41-7)13-12-33-26(20-38)10-8-9-11-34-31(40)42-32(4,5)6/h16-19,26,33H,8-15,20-22H2,1-7H3,(H,34,40)/t26-/m0/s1. The number of carbonyl (C=O) groups is 2. The fourth-order valence-corrected chi connectivity index (χ4v) is 5.30. The van der Waals surface area contributed by atoms with E-state index in [0.717, 1.165) is 81.2 Å². The molecular weight excluding hydrogens is 532 g/mol. The Labute approximate surface area is 251 Å². The fourth-order valence-electron chi connectivity index (χ4n) is 5.30. The number of pyridine rings is 2. The first kappa shape index (κ1) is 33.4. The molecule has 2 aromatic heterocycles. The summed E-state index contributed by atoms with van der Waals surface area (Å²) < 4.78 is 10.2. The third-order valence-corrected chi connectivity index (χ3v) is 7.06. The zero-order valence-corrected chi connectivity index (χ0v) is 26.6. The van der Waals surface area contributed by atoms with E-state index in [4.69, 9.17) is 14.5 Å². The molecule has 1 aliphatic rings. The first-order chi connectivity index (χ1) is 19.9. The van der Waals surface area contributed by atoms with Gasteiger partial charge < -0.3 is 20.1 Å². The molecule has 1 atom stereocenters. The monoisotopic (exact) mass is 582 g/mol. The number of nitrogens with one attached hydrogen (secondary N) is 2. The summed E-state index contributed by atoms with van der Waals surface area (Å²) in [5.41, 5.74) is 5.06. The lowest BCUT2D eigenvalue weighted by Crippen LogP contribution is -2.41. The highest BCUT2D eigenvalue weighted by Gasteiger charge is 2.21. The van der Waals surface area contributed by atoms with Gasteiger partial charge in [0.2, 0.25) is 0 Å². The average Bonchev–Trinajstić information content (AvgIpc) is 2.97. The van der Waals surface area contributed by atoms with E-state index in [9.17, 15) is 9.59 Å². The highest BCUT2D eigenvalue weighted by molar-refractivity contribution is 5.87. The smallest absolute Gasteiger partial charge is 0.407 e. The van der Waals surface area contributed by atoms with Crippen LogP contribution in [0.15, 0.2) is 24.3 Å². The second-order valence-electron chi connectivity index (χ2n) is 12.4. The minimum Gasteiger partial charge on any atom is -0.464 e. The average molecular weight is 583 g/mol. The molecule has 1 amide bonds. The van der Waals surface area contributed by atoms with Crippen molar-refractivity contribution in [2.45, 2.75) is 85.5 Å². The Balaban J connectivity index is 1.64. The quantitative estimate of drug-likeness (QED) is 0.315. The maximum Gasteiger partial charge on any atom is 0.407 e. The van der Waals surface area contributed by atoms with Gasteiger partial charge in [0.25, 0.3) is 0 Å². The van der Waals surface area contributed by atoms with Crippen LogP contribution in [0.4, 0.5) is 4.79 Å². The van der Waals surface area contributed by atoms with Crippen LogP contribution in [0.2, 0.25) is 0 Å². The molecule has 2 N–H and O–H groups in total. The molecule has 3 rings (SSSR count). The largest absolute Gasteiger partial charge is 0.464 e. The van der Waals surface area contributed by atoms with Crippen molar-refractivity contribution in [3.05, 3.63) is 58.2 Å². The van der Waals surface area contributed by atoms with Gasteiger partial charge in [0, 0.05) is 64.1 Å². The van der Waals surface area contributed by atoms with E-state index >= 15 is 0 Å². The fraction of sp³-hybridized carbons (Fsp3) is 0.625. The maximum atomic E-state index is 12.1. The zero-order valence-electron chi connectivity index (χ0n) is 26.6. The van der Waals surface area contributed by atoms with Gasteiger partial charge in [0.05, 0.1) is 18.5 Å². The minimum atomic E-state index is -0.494. The van der Waals surface area contributed by atoms with Gasteiger partial charge in [-0.3, -0.25) is 14.8 Å². The number of aryl methyl sites for hydroxylation is 3. The molecular formula is C32H50N6O4. The Morgan fingerprint density at radius 2 is 1.62 bits per heavy atom. The van der Waals surface area contributed by atoms with Gasteiger partial charge in [-0.25, -0.2) is 14.6 Å². The number of esters is 1. The molecule has 42 heavy (non-hydrogen) atoms. The van der Waals surface area contributed by atoms with E-state index in [-0.39, 0.29) is 6.09 Å². The molecule has 0 spiro atoms. The van der Waals surface area contributed by atoms with Gasteiger partial charge in [-0.15, -0.1) is 0 Å². The number of aromatic nitrogens is 2. The van der Waals surface area contributed by atoms with E-state index in [2.05, 4.69) is 44.5 Å². The lowest BCUT2D eigenvalue weighted by molar-refractivity contribution is 0.0525. The van der Waals surface area contributed by atoms with Crippen LogP contribution in [0.3, 0.4) is 0 Å². The van der Waals surface area contributed by atoms with Crippen LogP contribution in [0, 0.1) is 20.8 Å². The van der Waals surface area contributed by atoms with E-state index in [0.29, 0.717) is 24.8 Å². The third kappa shape index (κ3) is 12.0. The van der Waals surface area contributed by atoms with Gasteiger partial charge in [-0.05, 0) is 89.8 Å². The molecule has 0 aliphatic carbocycles. The van der Waals surface area contributed by atoms with E-state index in [1.807, 2.05) is 40.7 Å². The van der Waals surface area contributed by atoms with Gasteiger partial charge in [0.15, 0.2) is 0 Å². The molecule has 0 saturated carbocycles. The Morgan fingerprint density at radius 1 is 0.952 bits per heavy atom. The van der Waals surface area contributed by atoms with Gasteiger partial charge in [-0.2, -0.15) is 0 Å². The number of hydrogen-bond acceptors (Lipinski definition) is 9. The summed E-state index contributed by atoms with van der Waals surface area (Å²) in [6.07, 6.45) is 2.53. The molecule has 0 bridgehead atoms. The Hall–Kier alpha value is -3.08. The second kappa shape index (κ2) is 16.0. The number of alkyl carbamates (subject to hydrolysis) is 1. The molecule has 1 fully saturated rings. The predicted molar refractivity (Wildman–Crippen MR) is 164 cm³/mol.